The predicted molar refractivity (Wildman–Crippen MR) is 107 cm³/mol. The van der Waals surface area contributed by atoms with E-state index < -0.39 is 5.91 Å². The Bertz CT molecular complexity index is 995. The second-order valence-electron chi connectivity index (χ2n) is 5.22. The summed E-state index contributed by atoms with van der Waals surface area (Å²) in [5, 5.41) is 5.70. The van der Waals surface area contributed by atoms with Crippen LogP contribution in [0.5, 0.6) is 5.75 Å². The summed E-state index contributed by atoms with van der Waals surface area (Å²) in [6.07, 6.45) is 1.44. The number of pyridine rings is 1. The van der Waals surface area contributed by atoms with Gasteiger partial charge in [0.1, 0.15) is 10.9 Å². The molecule has 1 aromatic heterocycles. The SMILES string of the molecule is O=C(COc1ccc(Cl)cc1Br)NN=Cc1cc2ccccc2nc1Cl. The van der Waals surface area contributed by atoms with Gasteiger partial charge in [-0.2, -0.15) is 5.10 Å². The fourth-order valence-corrected chi connectivity index (χ4v) is 3.13. The van der Waals surface area contributed by atoms with E-state index in [2.05, 4.69) is 31.4 Å². The summed E-state index contributed by atoms with van der Waals surface area (Å²) >= 11 is 15.3. The number of aromatic nitrogens is 1. The zero-order valence-corrected chi connectivity index (χ0v) is 16.3. The summed E-state index contributed by atoms with van der Waals surface area (Å²) in [6, 6.07) is 14.5. The number of nitrogens with zero attached hydrogens (tertiary/aromatic N) is 2. The van der Waals surface area contributed by atoms with E-state index in [-0.39, 0.29) is 6.61 Å². The number of amides is 1. The molecule has 0 aliphatic heterocycles. The smallest absolute Gasteiger partial charge is 0.277 e. The van der Waals surface area contributed by atoms with E-state index in [1.54, 1.807) is 18.2 Å². The van der Waals surface area contributed by atoms with Gasteiger partial charge in [0.05, 0.1) is 16.2 Å². The first-order chi connectivity index (χ1) is 12.5. The zero-order chi connectivity index (χ0) is 18.5. The summed E-state index contributed by atoms with van der Waals surface area (Å²) in [7, 11) is 0. The maximum absolute atomic E-state index is 11.8. The Morgan fingerprint density at radius 3 is 2.85 bits per heavy atom. The molecule has 8 heteroatoms. The number of hydrogen-bond acceptors (Lipinski definition) is 4. The highest BCUT2D eigenvalue weighted by molar-refractivity contribution is 9.10. The van der Waals surface area contributed by atoms with E-state index >= 15 is 0 Å². The van der Waals surface area contributed by atoms with E-state index in [0.29, 0.717) is 26.0 Å². The van der Waals surface area contributed by atoms with E-state index in [1.165, 1.54) is 6.21 Å². The number of nitrogens with one attached hydrogen (secondary N) is 1. The van der Waals surface area contributed by atoms with Crippen LogP contribution in [0.15, 0.2) is 58.1 Å². The van der Waals surface area contributed by atoms with Crippen LogP contribution in [0.2, 0.25) is 10.2 Å². The second-order valence-corrected chi connectivity index (χ2v) is 6.87. The van der Waals surface area contributed by atoms with Gasteiger partial charge in [0.15, 0.2) is 6.61 Å². The Hall–Kier alpha value is -2.15. The van der Waals surface area contributed by atoms with Gasteiger partial charge in [0.2, 0.25) is 0 Å². The van der Waals surface area contributed by atoms with Gasteiger partial charge in [-0.15, -0.1) is 0 Å². The maximum atomic E-state index is 11.8. The van der Waals surface area contributed by atoms with Crippen LogP contribution >= 0.6 is 39.1 Å². The lowest BCUT2D eigenvalue weighted by molar-refractivity contribution is -0.123. The number of fused-ring (bicyclic) bond motifs is 1. The van der Waals surface area contributed by atoms with Crippen LogP contribution in [0.3, 0.4) is 0 Å². The van der Waals surface area contributed by atoms with E-state index in [1.807, 2.05) is 30.3 Å². The molecule has 0 aliphatic carbocycles. The van der Waals surface area contributed by atoms with Gasteiger partial charge in [-0.3, -0.25) is 4.79 Å². The van der Waals surface area contributed by atoms with Crippen LogP contribution in [-0.4, -0.2) is 23.7 Å². The molecule has 1 amide bonds. The Morgan fingerprint density at radius 1 is 1.23 bits per heavy atom. The highest BCUT2D eigenvalue weighted by Crippen LogP contribution is 2.27. The molecule has 26 heavy (non-hydrogen) atoms. The molecule has 0 aliphatic rings. The first-order valence-corrected chi connectivity index (χ1v) is 9.03. The monoisotopic (exact) mass is 451 g/mol. The largest absolute Gasteiger partial charge is 0.483 e. The van der Waals surface area contributed by atoms with Crippen LogP contribution in [-0.2, 0) is 4.79 Å². The highest BCUT2D eigenvalue weighted by Gasteiger charge is 2.06. The fraction of sp³-hybridized carbons (Fsp3) is 0.0556. The Morgan fingerprint density at radius 2 is 2.04 bits per heavy atom. The van der Waals surface area contributed by atoms with Crippen LogP contribution in [0.4, 0.5) is 0 Å². The van der Waals surface area contributed by atoms with Gasteiger partial charge in [-0.05, 0) is 46.3 Å². The molecule has 0 fully saturated rings. The minimum atomic E-state index is -0.409. The number of halogens is 3. The molecule has 0 unspecified atom stereocenters. The summed E-state index contributed by atoms with van der Waals surface area (Å²) < 4.78 is 6.07. The molecule has 1 N–H and O–H groups in total. The van der Waals surface area contributed by atoms with Crippen molar-refractivity contribution in [3.63, 3.8) is 0 Å². The average Bonchev–Trinajstić information content (AvgIpc) is 2.61. The number of rotatable bonds is 5. The topological polar surface area (TPSA) is 63.6 Å². The summed E-state index contributed by atoms with van der Waals surface area (Å²) in [4.78, 5) is 16.1. The molecule has 3 aromatic rings. The fourth-order valence-electron chi connectivity index (χ4n) is 2.14. The van der Waals surface area contributed by atoms with Crippen molar-refractivity contribution in [3.8, 4) is 5.75 Å². The lowest BCUT2D eigenvalue weighted by Gasteiger charge is -2.07. The van der Waals surface area contributed by atoms with Crippen LogP contribution in [0, 0.1) is 0 Å². The van der Waals surface area contributed by atoms with Crippen molar-refractivity contribution in [2.24, 2.45) is 5.10 Å². The molecular weight excluding hydrogens is 441 g/mol. The minimum Gasteiger partial charge on any atom is -0.483 e. The molecule has 0 atom stereocenters. The third-order valence-corrected chi connectivity index (χ3v) is 4.51. The molecular formula is C18H12BrCl2N3O2. The number of hydrogen-bond donors (Lipinski definition) is 1. The van der Waals surface area contributed by atoms with Gasteiger partial charge in [0.25, 0.3) is 5.91 Å². The van der Waals surface area contributed by atoms with Crippen LogP contribution in [0.25, 0.3) is 10.9 Å². The summed E-state index contributed by atoms with van der Waals surface area (Å²) in [5.41, 5.74) is 3.78. The molecule has 5 nitrogen and oxygen atoms in total. The molecule has 132 valence electrons. The van der Waals surface area contributed by atoms with Crippen LogP contribution in [0.1, 0.15) is 5.56 Å². The van der Waals surface area contributed by atoms with Crippen molar-refractivity contribution in [2.45, 2.75) is 0 Å². The van der Waals surface area contributed by atoms with Crippen LogP contribution < -0.4 is 10.2 Å². The number of hydrazone groups is 1. The molecule has 0 bridgehead atoms. The average molecular weight is 453 g/mol. The van der Waals surface area contributed by atoms with E-state index in [0.717, 1.165) is 10.9 Å². The van der Waals surface area contributed by atoms with Crippen molar-refractivity contribution in [3.05, 3.63) is 68.7 Å². The van der Waals surface area contributed by atoms with Crippen molar-refractivity contribution in [1.82, 2.24) is 10.4 Å². The van der Waals surface area contributed by atoms with Gasteiger partial charge in [0, 0.05) is 16.0 Å². The van der Waals surface area contributed by atoms with Gasteiger partial charge >= 0.3 is 0 Å². The van der Waals surface area contributed by atoms with Crippen molar-refractivity contribution >= 4 is 62.2 Å². The molecule has 0 spiro atoms. The predicted octanol–water partition coefficient (Wildman–Crippen LogP) is 4.83. The normalized spacial score (nSPS) is 11.0. The third kappa shape index (κ3) is 4.72. The van der Waals surface area contributed by atoms with Gasteiger partial charge < -0.3 is 4.74 Å². The van der Waals surface area contributed by atoms with Gasteiger partial charge in [-0.25, -0.2) is 10.4 Å². The molecule has 0 radical (unpaired) electrons. The molecule has 2 aromatic carbocycles. The third-order valence-electron chi connectivity index (χ3n) is 3.35. The van der Waals surface area contributed by atoms with Crippen molar-refractivity contribution in [2.75, 3.05) is 6.61 Å². The number of benzene rings is 2. The van der Waals surface area contributed by atoms with Crippen molar-refractivity contribution < 1.29 is 9.53 Å². The minimum absolute atomic E-state index is 0.193. The molecule has 0 saturated heterocycles. The highest BCUT2D eigenvalue weighted by atomic mass is 79.9. The molecule has 3 rings (SSSR count). The summed E-state index contributed by atoms with van der Waals surface area (Å²) in [5.74, 6) is 0.100. The number of carbonyl (C=O) groups excluding carboxylic acids is 1. The van der Waals surface area contributed by atoms with Crippen molar-refractivity contribution in [1.29, 1.82) is 0 Å². The first kappa shape index (κ1) is 18.6. The quantitative estimate of drug-likeness (QED) is 0.342. The zero-order valence-electron chi connectivity index (χ0n) is 13.2. The van der Waals surface area contributed by atoms with E-state index in [9.17, 15) is 4.79 Å². The lowest BCUT2D eigenvalue weighted by Crippen LogP contribution is -2.24. The van der Waals surface area contributed by atoms with Gasteiger partial charge in [-0.1, -0.05) is 41.4 Å². The lowest BCUT2D eigenvalue weighted by atomic mass is 10.2. The Kier molecular flexibility index (Phi) is 6.08. The number of para-hydroxylation sites is 1. The Labute approximate surface area is 168 Å². The molecule has 1 heterocycles. The van der Waals surface area contributed by atoms with E-state index in [4.69, 9.17) is 27.9 Å². The summed E-state index contributed by atoms with van der Waals surface area (Å²) in [6.45, 7) is -0.193. The molecule has 0 saturated carbocycles. The maximum Gasteiger partial charge on any atom is 0.277 e. The standard InChI is InChI=1S/C18H12BrCl2N3O2/c19-14-8-13(20)5-6-16(14)26-10-17(25)24-22-9-12-7-11-3-1-2-4-15(11)23-18(12)21/h1-9H,10H2,(H,24,25). The second kappa shape index (κ2) is 8.49. The first-order valence-electron chi connectivity index (χ1n) is 7.48. The Balaban J connectivity index is 1.59. The number of carbonyl (C=O) groups is 1. The number of ether oxygens (including phenoxy) is 1.